The van der Waals surface area contributed by atoms with Crippen LogP contribution in [0.2, 0.25) is 5.02 Å². The first-order valence-corrected chi connectivity index (χ1v) is 11.9. The van der Waals surface area contributed by atoms with E-state index in [1.54, 1.807) is 42.2 Å². The van der Waals surface area contributed by atoms with Crippen LogP contribution in [-0.4, -0.2) is 56.2 Å². The summed E-state index contributed by atoms with van der Waals surface area (Å²) in [7, 11) is 1.80. The molecule has 2 unspecified atom stereocenters. The average Bonchev–Trinajstić information content (AvgIpc) is 3.19. The van der Waals surface area contributed by atoms with Crippen LogP contribution in [0.1, 0.15) is 25.7 Å². The van der Waals surface area contributed by atoms with E-state index >= 15 is 4.39 Å². The maximum absolute atomic E-state index is 15.8. The van der Waals surface area contributed by atoms with Crippen molar-refractivity contribution >= 4 is 45.4 Å². The molecule has 0 saturated heterocycles. The number of hydrogen-bond acceptors (Lipinski definition) is 5. The number of H-pyrrole nitrogens is 1. The zero-order chi connectivity index (χ0) is 24.4. The fraction of sp³-hybridized carbons (Fsp3) is 0.375. The number of benzene rings is 1. The number of fused-ring (bicyclic) bond motifs is 2. The Bertz CT molecular complexity index is 1470. The van der Waals surface area contributed by atoms with Gasteiger partial charge in [0.15, 0.2) is 11.6 Å². The number of aromatic amines is 1. The molecule has 2 saturated carbocycles. The topological polar surface area (TPSA) is 98.5 Å². The first-order chi connectivity index (χ1) is 16.8. The number of carbonyl (C=O) groups excluding carboxylic acids is 1. The molecule has 4 aromatic rings. The highest BCUT2D eigenvalue weighted by atomic mass is 35.5. The van der Waals surface area contributed by atoms with E-state index in [1.807, 2.05) is 4.90 Å². The van der Waals surface area contributed by atoms with Crippen molar-refractivity contribution in [3.8, 4) is 11.1 Å². The third-order valence-electron chi connectivity index (χ3n) is 7.10. The van der Waals surface area contributed by atoms with Gasteiger partial charge in [0.2, 0.25) is 5.91 Å². The summed E-state index contributed by atoms with van der Waals surface area (Å²) in [5, 5.41) is 24.6. The molecule has 2 aliphatic carbocycles. The van der Waals surface area contributed by atoms with Gasteiger partial charge in [-0.15, -0.1) is 0 Å². The van der Waals surface area contributed by atoms with Gasteiger partial charge in [-0.05, 0) is 43.4 Å². The summed E-state index contributed by atoms with van der Waals surface area (Å²) in [4.78, 5) is 13.9. The van der Waals surface area contributed by atoms with Gasteiger partial charge in [0.05, 0.1) is 34.3 Å². The molecule has 182 valence electrons. The number of carbonyl (C=O) groups is 1. The zero-order valence-electron chi connectivity index (χ0n) is 18.8. The van der Waals surface area contributed by atoms with Gasteiger partial charge < -0.3 is 15.3 Å². The Morgan fingerprint density at radius 1 is 1.34 bits per heavy atom. The van der Waals surface area contributed by atoms with Crippen LogP contribution in [-0.2, 0) is 4.79 Å². The molecular weight excluding hydrogens is 478 g/mol. The van der Waals surface area contributed by atoms with Crippen molar-refractivity contribution in [1.29, 1.82) is 0 Å². The number of amides is 1. The normalized spacial score (nSPS) is 23.8. The van der Waals surface area contributed by atoms with E-state index in [4.69, 9.17) is 11.6 Å². The molecule has 4 atom stereocenters. The lowest BCUT2D eigenvalue weighted by Gasteiger charge is -2.28. The highest BCUT2D eigenvalue weighted by Gasteiger charge is 2.43. The second kappa shape index (κ2) is 8.17. The van der Waals surface area contributed by atoms with Crippen molar-refractivity contribution in [2.45, 2.75) is 44.0 Å². The average molecular weight is 501 g/mol. The molecule has 0 bridgehead atoms. The van der Waals surface area contributed by atoms with Crippen LogP contribution in [0.5, 0.6) is 0 Å². The second-order valence-electron chi connectivity index (χ2n) is 9.40. The van der Waals surface area contributed by atoms with Gasteiger partial charge in [-0.3, -0.25) is 9.89 Å². The summed E-state index contributed by atoms with van der Waals surface area (Å²) >= 11 is 6.62. The lowest BCUT2D eigenvalue weighted by atomic mass is 10.00. The molecule has 3 aromatic heterocycles. The smallest absolute Gasteiger partial charge is 0.231 e. The van der Waals surface area contributed by atoms with Crippen LogP contribution in [0.4, 0.5) is 20.3 Å². The number of aromatic nitrogens is 4. The highest BCUT2D eigenvalue weighted by molar-refractivity contribution is 6.36. The number of hydrogen-bond donors (Lipinski definition) is 3. The summed E-state index contributed by atoms with van der Waals surface area (Å²) in [5.41, 5.74) is 2.65. The van der Waals surface area contributed by atoms with E-state index in [2.05, 4.69) is 20.6 Å². The van der Waals surface area contributed by atoms with E-state index in [0.29, 0.717) is 51.9 Å². The number of pyridine rings is 1. The van der Waals surface area contributed by atoms with Gasteiger partial charge in [-0.2, -0.15) is 10.2 Å². The Labute approximate surface area is 203 Å². The van der Waals surface area contributed by atoms with E-state index in [-0.39, 0.29) is 23.4 Å². The summed E-state index contributed by atoms with van der Waals surface area (Å²) in [5.74, 6) is -1.25. The van der Waals surface area contributed by atoms with Crippen molar-refractivity contribution in [1.82, 2.24) is 19.8 Å². The molecule has 1 amide bonds. The number of nitrogens with zero attached hydrogens (tertiary/aromatic N) is 4. The second-order valence-corrected chi connectivity index (χ2v) is 9.78. The van der Waals surface area contributed by atoms with Crippen LogP contribution in [0, 0.1) is 11.7 Å². The first kappa shape index (κ1) is 22.2. The quantitative estimate of drug-likeness (QED) is 0.379. The van der Waals surface area contributed by atoms with Crippen molar-refractivity contribution < 1.29 is 18.7 Å². The lowest BCUT2D eigenvalue weighted by molar-refractivity contribution is -0.117. The molecule has 8 nitrogen and oxygen atoms in total. The SMILES string of the molecule is CN(c1c(F)c(Cl)c(-c2ccn3nc(NC(=O)[C@@H]4C[C@@H]4F)cc3c2)c2cn[nH]c12)C1CCC(O)C1. The van der Waals surface area contributed by atoms with Gasteiger partial charge >= 0.3 is 0 Å². The van der Waals surface area contributed by atoms with Crippen molar-refractivity contribution in [2.75, 3.05) is 17.3 Å². The van der Waals surface area contributed by atoms with Gasteiger partial charge in [0.1, 0.15) is 11.9 Å². The van der Waals surface area contributed by atoms with E-state index in [9.17, 15) is 14.3 Å². The van der Waals surface area contributed by atoms with Gasteiger partial charge in [0, 0.05) is 36.3 Å². The van der Waals surface area contributed by atoms with Crippen molar-refractivity contribution in [2.24, 2.45) is 5.92 Å². The minimum atomic E-state index is -1.09. The molecule has 2 fully saturated rings. The monoisotopic (exact) mass is 500 g/mol. The molecule has 2 aliphatic rings. The van der Waals surface area contributed by atoms with Crippen molar-refractivity contribution in [3.63, 3.8) is 0 Å². The molecule has 1 aromatic carbocycles. The Hall–Kier alpha value is -3.24. The summed E-state index contributed by atoms with van der Waals surface area (Å²) < 4.78 is 30.5. The number of nitrogens with one attached hydrogen (secondary N) is 2. The standard InChI is InChI=1S/C24H23ClF2N6O2/c1-32(12-2-3-14(34)7-12)23-21(27)20(25)19(16-10-28-30-22(16)23)11-4-5-33-13(6-11)8-18(31-33)29-24(35)15-9-17(15)26/h4-6,8,10,12,14-15,17,34H,2-3,7,9H2,1H3,(H,28,30)(H,29,31,35)/t12?,14?,15-,17+/m1/s1. The molecule has 35 heavy (non-hydrogen) atoms. The Morgan fingerprint density at radius 2 is 2.14 bits per heavy atom. The number of halogens is 3. The molecule has 3 heterocycles. The molecular formula is C24H23ClF2N6O2. The van der Waals surface area contributed by atoms with Crippen LogP contribution in [0.3, 0.4) is 0 Å². The Balaban J connectivity index is 1.39. The lowest BCUT2D eigenvalue weighted by Crippen LogP contribution is -2.30. The highest BCUT2D eigenvalue weighted by Crippen LogP contribution is 2.44. The number of alkyl halides is 1. The van der Waals surface area contributed by atoms with Crippen LogP contribution < -0.4 is 10.2 Å². The third kappa shape index (κ3) is 3.71. The van der Waals surface area contributed by atoms with Crippen molar-refractivity contribution in [3.05, 3.63) is 41.4 Å². The first-order valence-electron chi connectivity index (χ1n) is 11.5. The number of anilines is 2. The van der Waals surface area contributed by atoms with E-state index in [0.717, 1.165) is 6.42 Å². The molecule has 0 aliphatic heterocycles. The van der Waals surface area contributed by atoms with Gasteiger partial charge in [0.25, 0.3) is 0 Å². The zero-order valence-corrected chi connectivity index (χ0v) is 19.6. The van der Waals surface area contributed by atoms with Gasteiger partial charge in [-0.1, -0.05) is 11.6 Å². The number of aliphatic hydroxyl groups excluding tert-OH is 1. The minimum Gasteiger partial charge on any atom is -0.393 e. The molecule has 3 N–H and O–H groups in total. The third-order valence-corrected chi connectivity index (χ3v) is 7.45. The predicted octanol–water partition coefficient (Wildman–Crippen LogP) is 4.32. The molecule has 0 radical (unpaired) electrons. The largest absolute Gasteiger partial charge is 0.393 e. The van der Waals surface area contributed by atoms with Crippen LogP contribution >= 0.6 is 11.6 Å². The van der Waals surface area contributed by atoms with Gasteiger partial charge in [-0.25, -0.2) is 13.3 Å². The fourth-order valence-electron chi connectivity index (χ4n) is 5.05. The molecule has 11 heteroatoms. The van der Waals surface area contributed by atoms with E-state index in [1.165, 1.54) is 0 Å². The number of rotatable bonds is 5. The molecule has 6 rings (SSSR count). The minimum absolute atomic E-state index is 0.00648. The van der Waals surface area contributed by atoms with E-state index < -0.39 is 24.0 Å². The Morgan fingerprint density at radius 3 is 2.86 bits per heavy atom. The van der Waals surface area contributed by atoms with Crippen LogP contribution in [0.15, 0.2) is 30.6 Å². The molecule has 0 spiro atoms. The summed E-state index contributed by atoms with van der Waals surface area (Å²) in [6, 6.07) is 5.21. The summed E-state index contributed by atoms with van der Waals surface area (Å²) in [6.07, 6.45) is 4.06. The Kier molecular flexibility index (Phi) is 5.19. The summed E-state index contributed by atoms with van der Waals surface area (Å²) in [6.45, 7) is 0. The maximum atomic E-state index is 15.8. The predicted molar refractivity (Wildman–Crippen MR) is 129 cm³/mol. The van der Waals surface area contributed by atoms with Crippen LogP contribution in [0.25, 0.3) is 27.5 Å². The fourth-order valence-corrected chi connectivity index (χ4v) is 5.35. The maximum Gasteiger partial charge on any atom is 0.231 e. The number of aliphatic hydroxyl groups is 1.